The first-order valence-electron chi connectivity index (χ1n) is 7.46. The molecule has 0 saturated heterocycles. The molecule has 3 rings (SSSR count). The summed E-state index contributed by atoms with van der Waals surface area (Å²) in [5, 5.41) is 15.3. The fraction of sp³-hybridized carbons (Fsp3) is 0.400. The maximum absolute atomic E-state index is 12.3. The number of amides is 1. The highest BCUT2D eigenvalue weighted by atomic mass is 35.5. The number of carbonyl (C=O) groups excluding carboxylic acids is 1. The van der Waals surface area contributed by atoms with Gasteiger partial charge in [-0.3, -0.25) is 4.79 Å². The third kappa shape index (κ3) is 4.52. The lowest BCUT2D eigenvalue weighted by molar-refractivity contribution is -0.115. The molecular weight excluding hydrogens is 368 g/mol. The molecule has 1 aliphatic rings. The van der Waals surface area contributed by atoms with Gasteiger partial charge in [0.15, 0.2) is 4.34 Å². The zero-order chi connectivity index (χ0) is 17.1. The average molecular weight is 385 g/mol. The van der Waals surface area contributed by atoms with Crippen molar-refractivity contribution in [2.45, 2.75) is 35.4 Å². The topological polar surface area (TPSA) is 76.1 Å². The SMILES string of the molecule is COc1ccc(NC(=O)[C@H](C)Sc2nnc(NC3CC3)s2)cc1Cl. The predicted octanol–water partition coefficient (Wildman–Crippen LogP) is 3.89. The van der Waals surface area contributed by atoms with Crippen molar-refractivity contribution in [2.24, 2.45) is 0 Å². The van der Waals surface area contributed by atoms with Crippen LogP contribution in [0, 0.1) is 0 Å². The molecule has 1 aromatic carbocycles. The fourth-order valence-corrected chi connectivity index (χ4v) is 4.14. The maximum atomic E-state index is 12.3. The largest absolute Gasteiger partial charge is 0.495 e. The zero-order valence-corrected chi connectivity index (χ0v) is 15.6. The summed E-state index contributed by atoms with van der Waals surface area (Å²) in [7, 11) is 1.55. The van der Waals surface area contributed by atoms with Gasteiger partial charge >= 0.3 is 0 Å². The second-order valence-electron chi connectivity index (χ2n) is 5.39. The van der Waals surface area contributed by atoms with Gasteiger partial charge in [-0.05, 0) is 38.0 Å². The Labute approximate surface area is 153 Å². The van der Waals surface area contributed by atoms with E-state index in [9.17, 15) is 4.79 Å². The van der Waals surface area contributed by atoms with Crippen LogP contribution in [-0.4, -0.2) is 34.5 Å². The second-order valence-corrected chi connectivity index (χ2v) is 8.36. The van der Waals surface area contributed by atoms with Crippen LogP contribution in [0.5, 0.6) is 5.75 Å². The molecule has 1 fully saturated rings. The van der Waals surface area contributed by atoms with Crippen molar-refractivity contribution in [3.05, 3.63) is 23.2 Å². The van der Waals surface area contributed by atoms with Gasteiger partial charge in [0.25, 0.3) is 0 Å². The summed E-state index contributed by atoms with van der Waals surface area (Å²) in [6, 6.07) is 5.67. The molecule has 1 atom stereocenters. The number of thioether (sulfide) groups is 1. The van der Waals surface area contributed by atoms with Crippen LogP contribution in [0.15, 0.2) is 22.5 Å². The standard InChI is InChI=1S/C15H17ClN4O2S2/c1-8(23-15-20-19-14(24-15)18-9-3-4-9)13(21)17-10-5-6-12(22-2)11(16)7-10/h5-9H,3-4H2,1-2H3,(H,17,21)(H,18,19)/t8-/m0/s1. The molecule has 1 aliphatic carbocycles. The third-order valence-corrected chi connectivity index (χ3v) is 5.71. The molecule has 24 heavy (non-hydrogen) atoms. The Morgan fingerprint density at radius 3 is 2.92 bits per heavy atom. The molecule has 0 radical (unpaired) electrons. The van der Waals surface area contributed by atoms with E-state index in [1.807, 2.05) is 6.92 Å². The third-order valence-electron chi connectivity index (χ3n) is 3.38. The minimum atomic E-state index is -0.299. The van der Waals surface area contributed by atoms with Crippen LogP contribution >= 0.6 is 34.7 Å². The Morgan fingerprint density at radius 2 is 2.25 bits per heavy atom. The molecule has 0 bridgehead atoms. The van der Waals surface area contributed by atoms with E-state index in [1.165, 1.54) is 35.9 Å². The number of ether oxygens (including phenoxy) is 1. The summed E-state index contributed by atoms with van der Waals surface area (Å²) in [5.74, 6) is 0.453. The highest BCUT2D eigenvalue weighted by Gasteiger charge is 2.23. The molecule has 0 aliphatic heterocycles. The van der Waals surface area contributed by atoms with Crippen molar-refractivity contribution >= 4 is 51.4 Å². The lowest BCUT2D eigenvalue weighted by atomic mass is 10.3. The van der Waals surface area contributed by atoms with Crippen LogP contribution in [0.1, 0.15) is 19.8 Å². The monoisotopic (exact) mass is 384 g/mol. The Kier molecular flexibility index (Phi) is 5.47. The van der Waals surface area contributed by atoms with Gasteiger partial charge < -0.3 is 15.4 Å². The first kappa shape index (κ1) is 17.3. The van der Waals surface area contributed by atoms with Gasteiger partial charge in [0, 0.05) is 11.7 Å². The van der Waals surface area contributed by atoms with Crippen LogP contribution in [0.2, 0.25) is 5.02 Å². The number of hydrogen-bond acceptors (Lipinski definition) is 7. The number of halogens is 1. The van der Waals surface area contributed by atoms with Crippen LogP contribution in [0.4, 0.5) is 10.8 Å². The molecule has 2 N–H and O–H groups in total. The Balaban J connectivity index is 1.55. The maximum Gasteiger partial charge on any atom is 0.237 e. The molecule has 128 valence electrons. The summed E-state index contributed by atoms with van der Waals surface area (Å²) in [5.41, 5.74) is 0.631. The lowest BCUT2D eigenvalue weighted by Crippen LogP contribution is -2.22. The number of carbonyl (C=O) groups is 1. The van der Waals surface area contributed by atoms with Crippen LogP contribution < -0.4 is 15.4 Å². The van der Waals surface area contributed by atoms with Crippen molar-refractivity contribution in [2.75, 3.05) is 17.7 Å². The molecule has 1 aromatic heterocycles. The van der Waals surface area contributed by atoms with E-state index >= 15 is 0 Å². The number of rotatable bonds is 7. The van der Waals surface area contributed by atoms with E-state index in [-0.39, 0.29) is 11.2 Å². The van der Waals surface area contributed by atoms with Gasteiger partial charge in [0.05, 0.1) is 17.4 Å². The van der Waals surface area contributed by atoms with E-state index in [1.54, 1.807) is 25.3 Å². The van der Waals surface area contributed by atoms with Crippen molar-refractivity contribution in [1.29, 1.82) is 0 Å². The van der Waals surface area contributed by atoms with E-state index in [0.717, 1.165) is 9.47 Å². The zero-order valence-electron chi connectivity index (χ0n) is 13.2. The number of nitrogens with one attached hydrogen (secondary N) is 2. The van der Waals surface area contributed by atoms with Crippen LogP contribution in [-0.2, 0) is 4.79 Å². The molecule has 6 nitrogen and oxygen atoms in total. The first-order chi connectivity index (χ1) is 11.5. The van der Waals surface area contributed by atoms with Gasteiger partial charge in [-0.25, -0.2) is 0 Å². The highest BCUT2D eigenvalue weighted by molar-refractivity contribution is 8.02. The van der Waals surface area contributed by atoms with E-state index in [4.69, 9.17) is 16.3 Å². The van der Waals surface area contributed by atoms with Crippen molar-refractivity contribution in [3.63, 3.8) is 0 Å². The van der Waals surface area contributed by atoms with Gasteiger partial charge in [0.1, 0.15) is 5.75 Å². The van der Waals surface area contributed by atoms with Crippen molar-refractivity contribution < 1.29 is 9.53 Å². The Bertz CT molecular complexity index is 736. The first-order valence-corrected chi connectivity index (χ1v) is 9.53. The van der Waals surface area contributed by atoms with Crippen LogP contribution in [0.25, 0.3) is 0 Å². The highest BCUT2D eigenvalue weighted by Crippen LogP contribution is 2.33. The molecule has 1 amide bonds. The number of anilines is 2. The normalized spacial score (nSPS) is 15.0. The quantitative estimate of drug-likeness (QED) is 0.705. The number of hydrogen-bond donors (Lipinski definition) is 2. The van der Waals surface area contributed by atoms with Gasteiger partial charge in [-0.2, -0.15) is 0 Å². The molecule has 0 spiro atoms. The molecule has 9 heteroatoms. The van der Waals surface area contributed by atoms with E-state index in [2.05, 4.69) is 20.8 Å². The number of benzene rings is 1. The van der Waals surface area contributed by atoms with Crippen molar-refractivity contribution in [1.82, 2.24) is 10.2 Å². The minimum Gasteiger partial charge on any atom is -0.495 e. The molecule has 0 unspecified atom stereocenters. The predicted molar refractivity (Wildman–Crippen MR) is 98.5 cm³/mol. The van der Waals surface area contributed by atoms with E-state index in [0.29, 0.717) is 22.5 Å². The Morgan fingerprint density at radius 1 is 1.46 bits per heavy atom. The van der Waals surface area contributed by atoms with Crippen LogP contribution in [0.3, 0.4) is 0 Å². The van der Waals surface area contributed by atoms with E-state index < -0.39 is 0 Å². The number of methoxy groups -OCH3 is 1. The lowest BCUT2D eigenvalue weighted by Gasteiger charge is -2.11. The fourth-order valence-electron chi connectivity index (χ4n) is 1.91. The summed E-state index contributed by atoms with van der Waals surface area (Å²) in [6.07, 6.45) is 2.37. The summed E-state index contributed by atoms with van der Waals surface area (Å²) in [4.78, 5) is 12.3. The van der Waals surface area contributed by atoms with Crippen molar-refractivity contribution in [3.8, 4) is 5.75 Å². The second kappa shape index (κ2) is 7.58. The van der Waals surface area contributed by atoms with Gasteiger partial charge in [0.2, 0.25) is 11.0 Å². The summed E-state index contributed by atoms with van der Waals surface area (Å²) >= 11 is 8.93. The molecule has 1 heterocycles. The molecular formula is C15H17ClN4O2S2. The molecule has 2 aromatic rings. The summed E-state index contributed by atoms with van der Waals surface area (Å²) in [6.45, 7) is 1.83. The van der Waals surface area contributed by atoms with Gasteiger partial charge in [-0.15, -0.1) is 10.2 Å². The number of nitrogens with zero attached hydrogens (tertiary/aromatic N) is 2. The number of aromatic nitrogens is 2. The Hall–Kier alpha value is -1.51. The summed E-state index contributed by atoms with van der Waals surface area (Å²) < 4.78 is 5.87. The minimum absolute atomic E-state index is 0.117. The average Bonchev–Trinajstić information content (AvgIpc) is 3.26. The van der Waals surface area contributed by atoms with Gasteiger partial charge in [-0.1, -0.05) is 34.7 Å². The smallest absolute Gasteiger partial charge is 0.237 e. The molecule has 1 saturated carbocycles.